The average Bonchev–Trinajstić information content (AvgIpc) is 2.67. The van der Waals surface area contributed by atoms with Crippen molar-refractivity contribution in [2.45, 2.75) is 46.1 Å². The van der Waals surface area contributed by atoms with Crippen LogP contribution in [0.3, 0.4) is 0 Å². The molecule has 0 radical (unpaired) electrons. The molecule has 0 spiro atoms. The number of ether oxygens (including phenoxy) is 2. The zero-order chi connectivity index (χ0) is 21.9. The lowest BCUT2D eigenvalue weighted by Gasteiger charge is -2.19. The Morgan fingerprint density at radius 1 is 1.03 bits per heavy atom. The van der Waals surface area contributed by atoms with Crippen LogP contribution in [0.1, 0.15) is 39.2 Å². The van der Waals surface area contributed by atoms with Gasteiger partial charge in [-0.25, -0.2) is 9.59 Å². The van der Waals surface area contributed by atoms with Gasteiger partial charge in [0.15, 0.2) is 0 Å². The van der Waals surface area contributed by atoms with Crippen LogP contribution in [-0.4, -0.2) is 24.2 Å². The minimum Gasteiger partial charge on any atom is -0.444 e. The van der Waals surface area contributed by atoms with Crippen LogP contribution in [0.4, 0.5) is 4.79 Å². The zero-order valence-electron chi connectivity index (χ0n) is 17.5. The molecule has 7 nitrogen and oxygen atoms in total. The van der Waals surface area contributed by atoms with Gasteiger partial charge in [0.1, 0.15) is 16.9 Å². The van der Waals surface area contributed by atoms with E-state index >= 15 is 0 Å². The highest BCUT2D eigenvalue weighted by atomic mass is 16.6. The van der Waals surface area contributed by atoms with Gasteiger partial charge in [0.25, 0.3) is 0 Å². The molecule has 0 unspecified atom stereocenters. The molecule has 0 saturated carbocycles. The number of rotatable bonds is 5. The lowest BCUT2D eigenvalue weighted by molar-refractivity contribution is -0.134. The summed E-state index contributed by atoms with van der Waals surface area (Å²) in [5.41, 5.74) is -0.0270. The van der Waals surface area contributed by atoms with E-state index < -0.39 is 23.3 Å². The normalized spacial score (nSPS) is 11.5. The SMILES string of the molecule is Cc1c(OC(=O)CCCNC(=O)OC(C)(C)C)ccc2c1oc(=O)c1ccccc12. The van der Waals surface area contributed by atoms with Gasteiger partial charge in [-0.15, -0.1) is 0 Å². The van der Waals surface area contributed by atoms with Crippen molar-refractivity contribution in [1.29, 1.82) is 0 Å². The molecule has 158 valence electrons. The Morgan fingerprint density at radius 3 is 2.43 bits per heavy atom. The van der Waals surface area contributed by atoms with E-state index in [-0.39, 0.29) is 6.42 Å². The van der Waals surface area contributed by atoms with Crippen LogP contribution in [0, 0.1) is 6.92 Å². The number of benzene rings is 2. The maximum Gasteiger partial charge on any atom is 0.407 e. The first-order chi connectivity index (χ1) is 14.2. The van der Waals surface area contributed by atoms with E-state index in [9.17, 15) is 14.4 Å². The van der Waals surface area contributed by atoms with Crippen LogP contribution in [0.15, 0.2) is 45.6 Å². The van der Waals surface area contributed by atoms with Gasteiger partial charge in [-0.2, -0.15) is 0 Å². The third-order valence-corrected chi connectivity index (χ3v) is 4.44. The highest BCUT2D eigenvalue weighted by Gasteiger charge is 2.17. The number of carbonyl (C=O) groups excluding carboxylic acids is 2. The minimum absolute atomic E-state index is 0.120. The molecule has 1 N–H and O–H groups in total. The molecular weight excluding hydrogens is 386 g/mol. The Balaban J connectivity index is 1.65. The molecule has 0 bridgehead atoms. The Morgan fingerprint density at radius 2 is 1.73 bits per heavy atom. The van der Waals surface area contributed by atoms with E-state index in [1.165, 1.54) is 0 Å². The molecule has 3 rings (SSSR count). The van der Waals surface area contributed by atoms with Gasteiger partial charge in [-0.3, -0.25) is 4.79 Å². The molecule has 3 aromatic rings. The van der Waals surface area contributed by atoms with Gasteiger partial charge in [-0.05, 0) is 57.7 Å². The molecule has 1 heterocycles. The average molecular weight is 411 g/mol. The standard InChI is InChI=1S/C23H25NO6/c1-14-18(28-19(25)10-7-13-24-22(27)30-23(2,3)4)12-11-16-15-8-5-6-9-17(15)21(26)29-20(14)16/h5-6,8-9,11-12H,7,10,13H2,1-4H3,(H,24,27). The molecule has 0 aliphatic carbocycles. The number of hydrogen-bond donors (Lipinski definition) is 1. The van der Waals surface area contributed by atoms with Crippen molar-refractivity contribution < 1.29 is 23.5 Å². The Hall–Kier alpha value is -3.35. The van der Waals surface area contributed by atoms with Crippen molar-refractivity contribution in [3.8, 4) is 5.75 Å². The third kappa shape index (κ3) is 4.97. The number of hydrogen-bond acceptors (Lipinski definition) is 6. The van der Waals surface area contributed by atoms with Gasteiger partial charge in [0.2, 0.25) is 0 Å². The topological polar surface area (TPSA) is 94.8 Å². The van der Waals surface area contributed by atoms with Crippen LogP contribution < -0.4 is 15.7 Å². The lowest BCUT2D eigenvalue weighted by atomic mass is 10.0. The number of carbonyl (C=O) groups is 2. The van der Waals surface area contributed by atoms with Crippen LogP contribution in [-0.2, 0) is 9.53 Å². The summed E-state index contributed by atoms with van der Waals surface area (Å²) in [5, 5.41) is 4.68. The number of amides is 1. The van der Waals surface area contributed by atoms with Crippen molar-refractivity contribution in [1.82, 2.24) is 5.32 Å². The second-order valence-corrected chi connectivity index (χ2v) is 8.01. The second-order valence-electron chi connectivity index (χ2n) is 8.01. The summed E-state index contributed by atoms with van der Waals surface area (Å²) in [6.45, 7) is 7.37. The molecular formula is C23H25NO6. The lowest BCUT2D eigenvalue weighted by Crippen LogP contribution is -2.33. The molecule has 0 aliphatic heterocycles. The number of fused-ring (bicyclic) bond motifs is 3. The van der Waals surface area contributed by atoms with Crippen LogP contribution in [0.2, 0.25) is 0 Å². The van der Waals surface area contributed by atoms with E-state index in [0.29, 0.717) is 35.2 Å². The smallest absolute Gasteiger partial charge is 0.407 e. The summed E-state index contributed by atoms with van der Waals surface area (Å²) in [4.78, 5) is 36.1. The van der Waals surface area contributed by atoms with Gasteiger partial charge >= 0.3 is 17.7 Å². The molecule has 30 heavy (non-hydrogen) atoms. The van der Waals surface area contributed by atoms with Crippen LogP contribution in [0.5, 0.6) is 5.75 Å². The highest BCUT2D eigenvalue weighted by Crippen LogP contribution is 2.31. The van der Waals surface area contributed by atoms with Crippen molar-refractivity contribution in [3.63, 3.8) is 0 Å². The third-order valence-electron chi connectivity index (χ3n) is 4.44. The molecule has 0 saturated heterocycles. The minimum atomic E-state index is -0.572. The molecule has 1 amide bonds. The molecule has 1 aromatic heterocycles. The Kier molecular flexibility index (Phi) is 6.10. The quantitative estimate of drug-likeness (QED) is 0.219. The van der Waals surface area contributed by atoms with E-state index in [0.717, 1.165) is 10.8 Å². The van der Waals surface area contributed by atoms with Crippen LogP contribution in [0.25, 0.3) is 21.7 Å². The molecule has 0 aliphatic rings. The summed E-state index contributed by atoms with van der Waals surface area (Å²) in [7, 11) is 0. The predicted octanol–water partition coefficient (Wildman–Crippen LogP) is 4.46. The van der Waals surface area contributed by atoms with Gasteiger partial charge in [0, 0.05) is 23.9 Å². The van der Waals surface area contributed by atoms with Crippen molar-refractivity contribution in [2.24, 2.45) is 0 Å². The molecule has 2 aromatic carbocycles. The summed E-state index contributed by atoms with van der Waals surface area (Å²) < 4.78 is 16.1. The highest BCUT2D eigenvalue weighted by molar-refractivity contribution is 6.05. The predicted molar refractivity (Wildman–Crippen MR) is 114 cm³/mol. The van der Waals surface area contributed by atoms with E-state index in [4.69, 9.17) is 13.9 Å². The first kappa shape index (κ1) is 21.4. The fraction of sp³-hybridized carbons (Fsp3) is 0.348. The molecule has 7 heteroatoms. The first-order valence-corrected chi connectivity index (χ1v) is 9.78. The van der Waals surface area contributed by atoms with E-state index in [1.54, 1.807) is 52.0 Å². The Bertz CT molecular complexity index is 1160. The molecule has 0 atom stereocenters. The summed E-state index contributed by atoms with van der Waals surface area (Å²) in [6, 6.07) is 10.7. The van der Waals surface area contributed by atoms with Gasteiger partial charge < -0.3 is 19.2 Å². The summed E-state index contributed by atoms with van der Waals surface area (Å²) in [5.74, 6) is -0.0994. The van der Waals surface area contributed by atoms with E-state index in [2.05, 4.69) is 5.32 Å². The maximum absolute atomic E-state index is 12.3. The number of nitrogens with one attached hydrogen (secondary N) is 1. The maximum atomic E-state index is 12.3. The van der Waals surface area contributed by atoms with Gasteiger partial charge in [-0.1, -0.05) is 18.2 Å². The zero-order valence-corrected chi connectivity index (χ0v) is 17.5. The van der Waals surface area contributed by atoms with E-state index in [1.807, 2.05) is 12.1 Å². The monoisotopic (exact) mass is 411 g/mol. The Labute approximate surface area is 174 Å². The van der Waals surface area contributed by atoms with Crippen molar-refractivity contribution >= 4 is 33.8 Å². The largest absolute Gasteiger partial charge is 0.444 e. The number of aryl methyl sites for hydroxylation is 1. The van der Waals surface area contributed by atoms with Crippen LogP contribution >= 0.6 is 0 Å². The first-order valence-electron chi connectivity index (χ1n) is 9.78. The number of esters is 1. The summed E-state index contributed by atoms with van der Waals surface area (Å²) >= 11 is 0. The van der Waals surface area contributed by atoms with Crippen molar-refractivity contribution in [3.05, 3.63) is 52.4 Å². The fourth-order valence-corrected chi connectivity index (χ4v) is 3.08. The number of alkyl carbamates (subject to hydrolysis) is 1. The molecule has 0 fully saturated rings. The fourth-order valence-electron chi connectivity index (χ4n) is 3.08. The van der Waals surface area contributed by atoms with Gasteiger partial charge in [0.05, 0.1) is 5.39 Å². The van der Waals surface area contributed by atoms with Crippen molar-refractivity contribution in [2.75, 3.05) is 6.54 Å². The second kappa shape index (κ2) is 8.57. The summed E-state index contributed by atoms with van der Waals surface area (Å²) in [6.07, 6.45) is 0.00261.